The Hall–Kier alpha value is -1.62. The number of alkyl halides is 1. The summed E-state index contributed by atoms with van der Waals surface area (Å²) in [5, 5.41) is 10.8. The summed E-state index contributed by atoms with van der Waals surface area (Å²) >= 11 is 5.57. The van der Waals surface area contributed by atoms with Crippen molar-refractivity contribution >= 4 is 28.9 Å². The molecule has 1 aliphatic heterocycles. The summed E-state index contributed by atoms with van der Waals surface area (Å²) < 4.78 is 0. The first kappa shape index (κ1) is 12.8. The summed E-state index contributed by atoms with van der Waals surface area (Å²) in [7, 11) is 0. The van der Waals surface area contributed by atoms with Gasteiger partial charge in [0, 0.05) is 29.8 Å². The van der Waals surface area contributed by atoms with Gasteiger partial charge in [0.2, 0.25) is 5.91 Å². The number of carbonyl (C=O) groups is 1. The van der Waals surface area contributed by atoms with Gasteiger partial charge in [0.15, 0.2) is 0 Å². The van der Waals surface area contributed by atoms with Gasteiger partial charge in [-0.25, -0.2) is 0 Å². The van der Waals surface area contributed by atoms with Crippen molar-refractivity contribution in [3.63, 3.8) is 0 Å². The Bertz CT molecular complexity index is 528. The molecule has 0 saturated carbocycles. The molecule has 2 rings (SSSR count). The number of amides is 1. The second-order valence-corrected chi connectivity index (χ2v) is 5.22. The zero-order valence-corrected chi connectivity index (χ0v) is 10.9. The molecule has 0 spiro atoms. The topological polar surface area (TPSA) is 63.5 Å². The zero-order chi connectivity index (χ0) is 13.5. The van der Waals surface area contributed by atoms with Crippen molar-refractivity contribution < 1.29 is 9.72 Å². The molecule has 1 aliphatic rings. The number of hydrogen-bond donors (Lipinski definition) is 0. The van der Waals surface area contributed by atoms with Crippen LogP contribution >= 0.6 is 11.6 Å². The van der Waals surface area contributed by atoms with Gasteiger partial charge in [-0.1, -0.05) is 13.8 Å². The minimum Gasteiger partial charge on any atom is -0.310 e. The lowest BCUT2D eigenvalue weighted by Crippen LogP contribution is -2.34. The van der Waals surface area contributed by atoms with E-state index in [1.54, 1.807) is 11.0 Å². The van der Waals surface area contributed by atoms with Crippen molar-refractivity contribution in [1.29, 1.82) is 0 Å². The molecule has 0 saturated heterocycles. The number of anilines is 1. The molecule has 5 nitrogen and oxygen atoms in total. The molecule has 0 aliphatic carbocycles. The zero-order valence-electron chi connectivity index (χ0n) is 10.1. The van der Waals surface area contributed by atoms with Crippen LogP contribution in [0.25, 0.3) is 0 Å². The number of benzene rings is 1. The largest absolute Gasteiger partial charge is 0.310 e. The summed E-state index contributed by atoms with van der Waals surface area (Å²) in [6, 6.07) is 4.57. The summed E-state index contributed by atoms with van der Waals surface area (Å²) in [5.74, 6) is -0.274. The quantitative estimate of drug-likeness (QED) is 0.470. The van der Waals surface area contributed by atoms with Gasteiger partial charge < -0.3 is 4.90 Å². The van der Waals surface area contributed by atoms with Crippen molar-refractivity contribution in [1.82, 2.24) is 0 Å². The third-order valence-corrected chi connectivity index (χ3v) is 3.41. The van der Waals surface area contributed by atoms with Gasteiger partial charge in [0.25, 0.3) is 5.69 Å². The number of nitrogens with zero attached hydrogens (tertiary/aromatic N) is 2. The van der Waals surface area contributed by atoms with Gasteiger partial charge >= 0.3 is 0 Å². The maximum Gasteiger partial charge on any atom is 0.269 e. The highest BCUT2D eigenvalue weighted by atomic mass is 35.5. The summed E-state index contributed by atoms with van der Waals surface area (Å²) in [5.41, 5.74) is 1.27. The molecule has 1 aromatic rings. The second-order valence-electron chi connectivity index (χ2n) is 4.96. The molecular formula is C12H13ClN2O3. The normalized spacial score (nSPS) is 16.5. The van der Waals surface area contributed by atoms with Crippen LogP contribution in [0.5, 0.6) is 0 Å². The lowest BCUT2D eigenvalue weighted by molar-refractivity contribution is -0.384. The maximum absolute atomic E-state index is 11.7. The van der Waals surface area contributed by atoms with E-state index in [1.165, 1.54) is 12.1 Å². The Morgan fingerprint density at radius 2 is 2.22 bits per heavy atom. The number of halogens is 1. The van der Waals surface area contributed by atoms with Crippen LogP contribution in [0.1, 0.15) is 19.4 Å². The first-order valence-electron chi connectivity index (χ1n) is 5.52. The van der Waals surface area contributed by atoms with Crippen LogP contribution in [0.15, 0.2) is 18.2 Å². The van der Waals surface area contributed by atoms with Crippen LogP contribution in [-0.2, 0) is 10.2 Å². The molecule has 18 heavy (non-hydrogen) atoms. The number of nitro benzene ring substituents is 1. The van der Waals surface area contributed by atoms with Crippen LogP contribution < -0.4 is 4.90 Å². The predicted octanol–water partition coefficient (Wildman–Crippen LogP) is 2.46. The van der Waals surface area contributed by atoms with E-state index in [-0.39, 0.29) is 22.9 Å². The molecule has 1 amide bonds. The highest BCUT2D eigenvalue weighted by molar-refractivity contribution is 6.29. The van der Waals surface area contributed by atoms with Crippen LogP contribution in [-0.4, -0.2) is 23.3 Å². The number of nitro groups is 1. The number of rotatable bonds is 2. The average Bonchev–Trinajstić information content (AvgIpc) is 2.60. The molecule has 0 N–H and O–H groups in total. The van der Waals surface area contributed by atoms with Crippen LogP contribution in [0.4, 0.5) is 11.4 Å². The lowest BCUT2D eigenvalue weighted by Gasteiger charge is -2.19. The van der Waals surface area contributed by atoms with Gasteiger partial charge in [-0.05, 0) is 11.6 Å². The van der Waals surface area contributed by atoms with Gasteiger partial charge in [0.05, 0.1) is 4.92 Å². The molecule has 0 radical (unpaired) electrons. The number of fused-ring (bicyclic) bond motifs is 1. The first-order valence-corrected chi connectivity index (χ1v) is 6.05. The minimum absolute atomic E-state index is 0.0435. The van der Waals surface area contributed by atoms with E-state index in [0.717, 1.165) is 11.3 Å². The van der Waals surface area contributed by atoms with Crippen molar-refractivity contribution in [2.75, 3.05) is 17.3 Å². The molecule has 0 unspecified atom stereocenters. The summed E-state index contributed by atoms with van der Waals surface area (Å²) in [6.07, 6.45) is 0. The first-order chi connectivity index (χ1) is 8.36. The van der Waals surface area contributed by atoms with Crippen molar-refractivity contribution in [2.45, 2.75) is 19.3 Å². The number of carbonyl (C=O) groups excluding carboxylic acids is 1. The highest BCUT2D eigenvalue weighted by Gasteiger charge is 2.38. The third-order valence-electron chi connectivity index (χ3n) is 3.18. The second kappa shape index (κ2) is 4.24. The predicted molar refractivity (Wildman–Crippen MR) is 69.2 cm³/mol. The van der Waals surface area contributed by atoms with E-state index in [0.29, 0.717) is 6.54 Å². The molecule has 0 fully saturated rings. The highest BCUT2D eigenvalue weighted by Crippen LogP contribution is 2.42. The SMILES string of the molecule is CC1(C)CN(C(=O)CCl)c2ccc([N+](=O)[O-])cc21. The Balaban J connectivity index is 2.53. The molecule has 6 heteroatoms. The molecule has 1 aromatic carbocycles. The lowest BCUT2D eigenvalue weighted by atomic mass is 9.87. The third kappa shape index (κ3) is 1.95. The van der Waals surface area contributed by atoms with Crippen LogP contribution in [0.3, 0.4) is 0 Å². The number of non-ortho nitro benzene ring substituents is 1. The van der Waals surface area contributed by atoms with Crippen LogP contribution in [0.2, 0.25) is 0 Å². The van der Waals surface area contributed by atoms with E-state index in [2.05, 4.69) is 0 Å². The number of hydrogen-bond acceptors (Lipinski definition) is 3. The summed E-state index contributed by atoms with van der Waals surface area (Å²) in [4.78, 5) is 23.7. The fraction of sp³-hybridized carbons (Fsp3) is 0.417. The van der Waals surface area contributed by atoms with Gasteiger partial charge in [-0.15, -0.1) is 11.6 Å². The van der Waals surface area contributed by atoms with Gasteiger partial charge in [0.1, 0.15) is 5.88 Å². The van der Waals surface area contributed by atoms with Crippen molar-refractivity contribution in [3.8, 4) is 0 Å². The Kier molecular flexibility index (Phi) is 3.02. The Morgan fingerprint density at radius 1 is 1.56 bits per heavy atom. The monoisotopic (exact) mass is 268 g/mol. The molecule has 0 bridgehead atoms. The van der Waals surface area contributed by atoms with Gasteiger partial charge in [-0.3, -0.25) is 14.9 Å². The Morgan fingerprint density at radius 3 is 2.78 bits per heavy atom. The molecular weight excluding hydrogens is 256 g/mol. The van der Waals surface area contributed by atoms with E-state index in [9.17, 15) is 14.9 Å². The van der Waals surface area contributed by atoms with Gasteiger partial charge in [-0.2, -0.15) is 0 Å². The fourth-order valence-electron chi connectivity index (χ4n) is 2.28. The molecule has 0 atom stereocenters. The van der Waals surface area contributed by atoms with E-state index < -0.39 is 4.92 Å². The smallest absolute Gasteiger partial charge is 0.269 e. The van der Waals surface area contributed by atoms with Crippen molar-refractivity contribution in [3.05, 3.63) is 33.9 Å². The van der Waals surface area contributed by atoms with Crippen LogP contribution in [0, 0.1) is 10.1 Å². The van der Waals surface area contributed by atoms with E-state index in [4.69, 9.17) is 11.6 Å². The molecule has 1 heterocycles. The minimum atomic E-state index is -0.428. The fourth-order valence-corrected chi connectivity index (χ4v) is 2.42. The van der Waals surface area contributed by atoms with Crippen molar-refractivity contribution in [2.24, 2.45) is 0 Å². The Labute approximate surface area is 109 Å². The standard InChI is InChI=1S/C12H13ClN2O3/c1-12(2)7-14(11(16)6-13)10-4-3-8(15(17)18)5-9(10)12/h3-5H,6-7H2,1-2H3. The average molecular weight is 269 g/mol. The molecule has 96 valence electrons. The maximum atomic E-state index is 11.7. The van der Waals surface area contributed by atoms with E-state index >= 15 is 0 Å². The summed E-state index contributed by atoms with van der Waals surface area (Å²) in [6.45, 7) is 4.41. The van der Waals surface area contributed by atoms with E-state index in [1.807, 2.05) is 13.8 Å². The molecule has 0 aromatic heterocycles.